The number of rotatable bonds is 5. The summed E-state index contributed by atoms with van der Waals surface area (Å²) in [7, 11) is -6.86. The highest BCUT2D eigenvalue weighted by Gasteiger charge is 2.36. The summed E-state index contributed by atoms with van der Waals surface area (Å²) in [4.78, 5) is 14.8. The van der Waals surface area contributed by atoms with Gasteiger partial charge in [0.1, 0.15) is 0 Å². The van der Waals surface area contributed by atoms with E-state index in [-0.39, 0.29) is 42.1 Å². The lowest BCUT2D eigenvalue weighted by molar-refractivity contribution is -0.137. The Morgan fingerprint density at radius 2 is 1.61 bits per heavy atom. The van der Waals surface area contributed by atoms with Gasteiger partial charge in [0.25, 0.3) is 0 Å². The minimum atomic E-state index is -3.56. The Labute approximate surface area is 167 Å². The molecule has 0 bridgehead atoms. The summed E-state index contributed by atoms with van der Waals surface area (Å²) >= 11 is 0. The van der Waals surface area contributed by atoms with Crippen LogP contribution in [0.1, 0.15) is 19.8 Å². The summed E-state index contributed by atoms with van der Waals surface area (Å²) in [6.45, 7) is 3.41. The Morgan fingerprint density at radius 3 is 2.21 bits per heavy atom. The highest BCUT2D eigenvalue weighted by Crippen LogP contribution is 2.23. The van der Waals surface area contributed by atoms with Crippen LogP contribution in [-0.2, 0) is 24.8 Å². The van der Waals surface area contributed by atoms with Crippen LogP contribution in [0.15, 0.2) is 35.2 Å². The van der Waals surface area contributed by atoms with Gasteiger partial charge in [-0.25, -0.2) is 21.1 Å². The fourth-order valence-electron chi connectivity index (χ4n) is 3.73. The summed E-state index contributed by atoms with van der Waals surface area (Å²) in [5, 5.41) is 0. The van der Waals surface area contributed by atoms with Crippen LogP contribution in [0, 0.1) is 5.92 Å². The van der Waals surface area contributed by atoms with E-state index in [4.69, 9.17) is 0 Å². The molecule has 1 amide bonds. The van der Waals surface area contributed by atoms with Crippen LogP contribution in [-0.4, -0.2) is 81.3 Å². The highest BCUT2D eigenvalue weighted by atomic mass is 32.2. The lowest BCUT2D eigenvalue weighted by atomic mass is 9.98. The highest BCUT2D eigenvalue weighted by molar-refractivity contribution is 7.89. The second-order valence-corrected chi connectivity index (χ2v) is 11.3. The third kappa shape index (κ3) is 4.40. The predicted molar refractivity (Wildman–Crippen MR) is 106 cm³/mol. The van der Waals surface area contributed by atoms with Crippen molar-refractivity contribution in [3.05, 3.63) is 30.3 Å². The van der Waals surface area contributed by atoms with Crippen LogP contribution < -0.4 is 0 Å². The van der Waals surface area contributed by atoms with Gasteiger partial charge >= 0.3 is 0 Å². The van der Waals surface area contributed by atoms with E-state index < -0.39 is 20.0 Å². The van der Waals surface area contributed by atoms with E-state index in [2.05, 4.69) is 0 Å². The van der Waals surface area contributed by atoms with Crippen LogP contribution in [0.3, 0.4) is 0 Å². The zero-order chi connectivity index (χ0) is 20.4. The summed E-state index contributed by atoms with van der Waals surface area (Å²) in [6, 6.07) is 8.27. The van der Waals surface area contributed by atoms with E-state index in [0.717, 1.165) is 0 Å². The van der Waals surface area contributed by atoms with Crippen molar-refractivity contribution in [2.24, 2.45) is 5.92 Å². The molecule has 0 N–H and O–H groups in total. The zero-order valence-electron chi connectivity index (χ0n) is 16.0. The first-order chi connectivity index (χ1) is 13.3. The van der Waals surface area contributed by atoms with Crippen molar-refractivity contribution in [1.82, 2.24) is 13.5 Å². The Morgan fingerprint density at radius 1 is 0.964 bits per heavy atom. The van der Waals surface area contributed by atoms with Crippen LogP contribution >= 0.6 is 0 Å². The van der Waals surface area contributed by atoms with Crippen LogP contribution in [0.2, 0.25) is 0 Å². The molecule has 156 valence electrons. The van der Waals surface area contributed by atoms with Gasteiger partial charge in [0.05, 0.1) is 16.6 Å². The summed E-state index contributed by atoms with van der Waals surface area (Å²) in [5.74, 6) is -0.399. The van der Waals surface area contributed by atoms with Crippen molar-refractivity contribution in [2.45, 2.75) is 24.7 Å². The number of piperazine rings is 1. The Bertz CT molecular complexity index is 894. The molecule has 1 aromatic carbocycles. The topological polar surface area (TPSA) is 95.1 Å². The molecule has 28 heavy (non-hydrogen) atoms. The number of benzene rings is 1. The van der Waals surface area contributed by atoms with Crippen molar-refractivity contribution in [3.8, 4) is 0 Å². The maximum Gasteiger partial charge on any atom is 0.243 e. The van der Waals surface area contributed by atoms with Crippen LogP contribution in [0.5, 0.6) is 0 Å². The van der Waals surface area contributed by atoms with Gasteiger partial charge < -0.3 is 4.90 Å². The van der Waals surface area contributed by atoms with E-state index in [1.807, 2.05) is 0 Å². The molecule has 1 aromatic rings. The largest absolute Gasteiger partial charge is 0.340 e. The molecule has 10 heteroatoms. The lowest BCUT2D eigenvalue weighted by Crippen LogP contribution is -2.54. The first-order valence-electron chi connectivity index (χ1n) is 9.57. The number of sulfonamides is 2. The number of nitrogens with zero attached hydrogens (tertiary/aromatic N) is 3. The Kier molecular flexibility index (Phi) is 6.43. The standard InChI is InChI=1S/C18H27N3O5S2/c1-2-27(23,24)21-10-6-7-16(15-21)18(22)19-11-13-20(14-12-19)28(25,26)17-8-4-3-5-9-17/h3-5,8-9,16H,2,6-7,10-15H2,1H3/t16-/m1/s1. The van der Waals surface area contributed by atoms with Crippen molar-refractivity contribution in [3.63, 3.8) is 0 Å². The number of carbonyl (C=O) groups is 1. The Balaban J connectivity index is 1.61. The fourth-order valence-corrected chi connectivity index (χ4v) is 6.35. The van der Waals surface area contributed by atoms with Gasteiger partial charge in [-0.3, -0.25) is 4.79 Å². The van der Waals surface area contributed by atoms with Gasteiger partial charge in [-0.1, -0.05) is 18.2 Å². The number of carbonyl (C=O) groups excluding carboxylic acids is 1. The SMILES string of the molecule is CCS(=O)(=O)N1CCC[C@@H](C(=O)N2CCN(S(=O)(=O)c3ccccc3)CC2)C1. The van der Waals surface area contributed by atoms with Gasteiger partial charge in [0, 0.05) is 39.3 Å². The second kappa shape index (κ2) is 8.48. The molecule has 2 aliphatic heterocycles. The first kappa shape index (κ1) is 21.2. The quantitative estimate of drug-likeness (QED) is 0.682. The first-order valence-corrected chi connectivity index (χ1v) is 12.6. The van der Waals surface area contributed by atoms with E-state index in [9.17, 15) is 21.6 Å². The summed E-state index contributed by atoms with van der Waals surface area (Å²) < 4.78 is 52.4. The molecule has 1 atom stereocenters. The monoisotopic (exact) mass is 429 g/mol. The Hall–Kier alpha value is -1.49. The van der Waals surface area contributed by atoms with Gasteiger partial charge in [-0.2, -0.15) is 4.31 Å². The van der Waals surface area contributed by atoms with Gasteiger partial charge in [-0.15, -0.1) is 0 Å². The number of piperidine rings is 1. The number of hydrogen-bond acceptors (Lipinski definition) is 5. The van der Waals surface area contributed by atoms with E-state index in [1.54, 1.807) is 42.2 Å². The van der Waals surface area contributed by atoms with E-state index in [0.29, 0.717) is 32.5 Å². The van der Waals surface area contributed by atoms with Crippen molar-refractivity contribution in [1.29, 1.82) is 0 Å². The smallest absolute Gasteiger partial charge is 0.243 e. The van der Waals surface area contributed by atoms with Crippen molar-refractivity contribution >= 4 is 26.0 Å². The zero-order valence-corrected chi connectivity index (χ0v) is 17.7. The molecular weight excluding hydrogens is 402 g/mol. The van der Waals surface area contributed by atoms with Gasteiger partial charge in [0.15, 0.2) is 0 Å². The molecule has 2 aliphatic rings. The maximum atomic E-state index is 12.9. The van der Waals surface area contributed by atoms with Crippen LogP contribution in [0.25, 0.3) is 0 Å². The molecule has 0 aromatic heterocycles. The fraction of sp³-hybridized carbons (Fsp3) is 0.611. The third-order valence-electron chi connectivity index (χ3n) is 5.42. The molecule has 8 nitrogen and oxygen atoms in total. The van der Waals surface area contributed by atoms with Gasteiger partial charge in [-0.05, 0) is 31.9 Å². The molecule has 0 radical (unpaired) electrons. The van der Waals surface area contributed by atoms with Crippen LogP contribution in [0.4, 0.5) is 0 Å². The predicted octanol–water partition coefficient (Wildman–Crippen LogP) is 0.581. The maximum absolute atomic E-state index is 12.9. The third-order valence-corrected chi connectivity index (χ3v) is 9.18. The second-order valence-electron chi connectivity index (χ2n) is 7.14. The summed E-state index contributed by atoms with van der Waals surface area (Å²) in [6.07, 6.45) is 1.33. The molecule has 2 heterocycles. The minimum absolute atomic E-state index is 0.0317. The summed E-state index contributed by atoms with van der Waals surface area (Å²) in [5.41, 5.74) is 0. The number of amides is 1. The average Bonchev–Trinajstić information content (AvgIpc) is 2.74. The molecular formula is C18H27N3O5S2. The van der Waals surface area contributed by atoms with Crippen molar-refractivity contribution < 1.29 is 21.6 Å². The molecule has 3 rings (SSSR count). The molecule has 0 spiro atoms. The molecule has 2 saturated heterocycles. The number of hydrogen-bond donors (Lipinski definition) is 0. The molecule has 2 fully saturated rings. The van der Waals surface area contributed by atoms with Crippen molar-refractivity contribution in [2.75, 3.05) is 45.0 Å². The molecule has 0 unspecified atom stereocenters. The lowest BCUT2D eigenvalue weighted by Gasteiger charge is -2.38. The molecule has 0 saturated carbocycles. The van der Waals surface area contributed by atoms with E-state index >= 15 is 0 Å². The normalized spacial score (nSPS) is 22.9. The average molecular weight is 430 g/mol. The van der Waals surface area contributed by atoms with Gasteiger partial charge in [0.2, 0.25) is 26.0 Å². The van der Waals surface area contributed by atoms with E-state index in [1.165, 1.54) is 8.61 Å². The minimum Gasteiger partial charge on any atom is -0.340 e. The molecule has 0 aliphatic carbocycles.